The van der Waals surface area contributed by atoms with Crippen LogP contribution >= 0.6 is 0 Å². The lowest BCUT2D eigenvalue weighted by molar-refractivity contribution is 0.0252. The maximum atomic E-state index is 5.65. The standard InChI is InChI=1S/C28H32N8O3/c1-4-23(37-13-1)19-33(20-24-5-2-14-38-24)16-21-7-8-22-18-35(12-11-34(22)17-21)31-26-9-10-29-28-30-27(32-36(26)28)25-6-3-15-39-25/h1-6,9-10,13-15,21-22,31H,7-8,11-12,16-20H2. The second-order valence-corrected chi connectivity index (χ2v) is 10.4. The van der Waals surface area contributed by atoms with Gasteiger partial charge in [0.2, 0.25) is 5.82 Å². The topological polar surface area (TPSA) is 104 Å². The molecular weight excluding hydrogens is 496 g/mol. The van der Waals surface area contributed by atoms with Crippen LogP contribution in [-0.2, 0) is 13.1 Å². The Morgan fingerprint density at radius 1 is 0.897 bits per heavy atom. The molecule has 39 heavy (non-hydrogen) atoms. The number of hydrogen-bond donors (Lipinski definition) is 1. The van der Waals surface area contributed by atoms with Crippen LogP contribution in [0.2, 0.25) is 0 Å². The maximum Gasteiger partial charge on any atom is 0.254 e. The molecule has 0 radical (unpaired) electrons. The van der Waals surface area contributed by atoms with Crippen molar-refractivity contribution in [2.45, 2.75) is 32.0 Å². The number of nitrogens with one attached hydrogen (secondary N) is 1. The summed E-state index contributed by atoms with van der Waals surface area (Å²) in [4.78, 5) is 14.0. The summed E-state index contributed by atoms with van der Waals surface area (Å²) in [6.45, 7) is 6.61. The lowest BCUT2D eigenvalue weighted by Gasteiger charge is -2.47. The zero-order valence-electron chi connectivity index (χ0n) is 21.7. The molecule has 7 rings (SSSR count). The summed E-state index contributed by atoms with van der Waals surface area (Å²) in [6.07, 6.45) is 9.26. The van der Waals surface area contributed by atoms with Crippen molar-refractivity contribution in [3.05, 3.63) is 79.0 Å². The van der Waals surface area contributed by atoms with Gasteiger partial charge in [0.15, 0.2) is 5.76 Å². The SMILES string of the molecule is c1coc(CN(Cc2ccco2)CC2CCC3CN(Nc4ccnc5nc(-c6ccco6)nn45)CCN3C2)c1. The van der Waals surface area contributed by atoms with E-state index in [-0.39, 0.29) is 0 Å². The second kappa shape index (κ2) is 10.7. The van der Waals surface area contributed by atoms with Crippen LogP contribution in [0.15, 0.2) is 80.7 Å². The molecule has 2 atom stereocenters. The molecule has 5 aromatic heterocycles. The third kappa shape index (κ3) is 5.33. The first-order chi connectivity index (χ1) is 19.3. The largest absolute Gasteiger partial charge is 0.468 e. The summed E-state index contributed by atoms with van der Waals surface area (Å²) in [7, 11) is 0. The van der Waals surface area contributed by atoms with Crippen molar-refractivity contribution in [1.29, 1.82) is 0 Å². The van der Waals surface area contributed by atoms with Gasteiger partial charge in [-0.2, -0.15) is 9.50 Å². The first kappa shape index (κ1) is 24.1. The maximum absolute atomic E-state index is 5.65. The number of piperazine rings is 1. The number of hydrazine groups is 1. The van der Waals surface area contributed by atoms with Crippen LogP contribution in [0, 0.1) is 5.92 Å². The molecule has 7 heterocycles. The van der Waals surface area contributed by atoms with Gasteiger partial charge in [0.25, 0.3) is 5.78 Å². The highest BCUT2D eigenvalue weighted by molar-refractivity contribution is 5.52. The first-order valence-corrected chi connectivity index (χ1v) is 13.6. The Morgan fingerprint density at radius 3 is 2.44 bits per heavy atom. The van der Waals surface area contributed by atoms with Gasteiger partial charge < -0.3 is 18.7 Å². The Hall–Kier alpha value is -3.93. The third-order valence-corrected chi connectivity index (χ3v) is 7.70. The lowest BCUT2D eigenvalue weighted by atomic mass is 9.91. The summed E-state index contributed by atoms with van der Waals surface area (Å²) in [5.74, 6) is 5.13. The molecule has 0 aliphatic carbocycles. The summed E-state index contributed by atoms with van der Waals surface area (Å²) >= 11 is 0. The lowest BCUT2D eigenvalue weighted by Crippen LogP contribution is -2.58. The molecule has 1 N–H and O–H groups in total. The Kier molecular flexibility index (Phi) is 6.61. The fraction of sp³-hybridized carbons (Fsp3) is 0.393. The number of fused-ring (bicyclic) bond motifs is 2. The molecule has 202 valence electrons. The average Bonchev–Trinajstić information content (AvgIpc) is 3.77. The first-order valence-electron chi connectivity index (χ1n) is 13.6. The van der Waals surface area contributed by atoms with E-state index in [1.807, 2.05) is 42.5 Å². The molecule has 2 unspecified atom stereocenters. The van der Waals surface area contributed by atoms with E-state index < -0.39 is 0 Å². The van der Waals surface area contributed by atoms with Gasteiger partial charge in [0.1, 0.15) is 17.3 Å². The van der Waals surface area contributed by atoms with E-state index in [0.717, 1.165) is 63.2 Å². The highest BCUT2D eigenvalue weighted by Gasteiger charge is 2.34. The minimum Gasteiger partial charge on any atom is -0.468 e. The van der Waals surface area contributed by atoms with E-state index in [1.54, 1.807) is 29.5 Å². The minimum atomic E-state index is 0.526. The van der Waals surface area contributed by atoms with Crippen molar-refractivity contribution in [3.63, 3.8) is 0 Å². The Balaban J connectivity index is 0.976. The summed E-state index contributed by atoms with van der Waals surface area (Å²) in [6, 6.07) is 14.1. The average molecular weight is 529 g/mol. The number of piperidine rings is 1. The number of nitrogens with zero attached hydrogens (tertiary/aromatic N) is 7. The van der Waals surface area contributed by atoms with Crippen LogP contribution < -0.4 is 5.43 Å². The van der Waals surface area contributed by atoms with E-state index in [0.29, 0.717) is 29.3 Å². The molecule has 0 saturated carbocycles. The van der Waals surface area contributed by atoms with E-state index in [9.17, 15) is 0 Å². The minimum absolute atomic E-state index is 0.526. The van der Waals surface area contributed by atoms with Gasteiger partial charge in [-0.05, 0) is 55.2 Å². The monoisotopic (exact) mass is 528 g/mol. The van der Waals surface area contributed by atoms with Crippen molar-refractivity contribution in [1.82, 2.24) is 34.4 Å². The van der Waals surface area contributed by atoms with Gasteiger partial charge in [-0.3, -0.25) is 9.80 Å². The van der Waals surface area contributed by atoms with Gasteiger partial charge in [-0.15, -0.1) is 5.10 Å². The van der Waals surface area contributed by atoms with Crippen molar-refractivity contribution in [2.24, 2.45) is 5.92 Å². The van der Waals surface area contributed by atoms with E-state index in [2.05, 4.69) is 35.3 Å². The second-order valence-electron chi connectivity index (χ2n) is 10.4. The molecule has 0 bridgehead atoms. The number of furan rings is 3. The molecule has 2 fully saturated rings. The van der Waals surface area contributed by atoms with E-state index in [4.69, 9.17) is 13.3 Å². The van der Waals surface area contributed by atoms with Crippen molar-refractivity contribution < 1.29 is 13.3 Å². The Morgan fingerprint density at radius 2 is 1.69 bits per heavy atom. The molecule has 0 spiro atoms. The summed E-state index contributed by atoms with van der Waals surface area (Å²) in [5.41, 5.74) is 3.58. The Labute approximate surface area is 226 Å². The van der Waals surface area contributed by atoms with Crippen molar-refractivity contribution >= 4 is 11.6 Å². The highest BCUT2D eigenvalue weighted by Crippen LogP contribution is 2.27. The van der Waals surface area contributed by atoms with Gasteiger partial charge in [0.05, 0.1) is 31.9 Å². The number of anilines is 1. The van der Waals surface area contributed by atoms with Crippen LogP contribution in [0.25, 0.3) is 17.4 Å². The van der Waals surface area contributed by atoms with E-state index >= 15 is 0 Å². The van der Waals surface area contributed by atoms with Gasteiger partial charge >= 0.3 is 0 Å². The molecule has 2 saturated heterocycles. The zero-order valence-corrected chi connectivity index (χ0v) is 21.7. The summed E-state index contributed by atoms with van der Waals surface area (Å²) in [5, 5.41) is 6.92. The third-order valence-electron chi connectivity index (χ3n) is 7.70. The van der Waals surface area contributed by atoms with Gasteiger partial charge in [-0.25, -0.2) is 9.99 Å². The molecule has 0 amide bonds. The molecule has 0 aromatic carbocycles. The molecule has 5 aromatic rings. The molecular formula is C28H32N8O3. The summed E-state index contributed by atoms with van der Waals surface area (Å²) < 4.78 is 18.5. The molecule has 11 heteroatoms. The normalized spacial score (nSPS) is 20.5. The van der Waals surface area contributed by atoms with Gasteiger partial charge in [0, 0.05) is 51.0 Å². The Bertz CT molecular complexity index is 1430. The number of hydrogen-bond acceptors (Lipinski definition) is 10. The quantitative estimate of drug-likeness (QED) is 0.302. The van der Waals surface area contributed by atoms with Crippen molar-refractivity contribution in [3.8, 4) is 11.6 Å². The highest BCUT2D eigenvalue weighted by atomic mass is 16.3. The van der Waals surface area contributed by atoms with E-state index in [1.165, 1.54) is 12.8 Å². The molecule has 11 nitrogen and oxygen atoms in total. The van der Waals surface area contributed by atoms with Crippen LogP contribution in [0.5, 0.6) is 0 Å². The van der Waals surface area contributed by atoms with Crippen LogP contribution in [-0.4, -0.2) is 73.2 Å². The molecule has 2 aliphatic rings. The zero-order chi connectivity index (χ0) is 26.0. The predicted octanol–water partition coefficient (Wildman–Crippen LogP) is 4.00. The van der Waals surface area contributed by atoms with Crippen LogP contribution in [0.1, 0.15) is 24.4 Å². The smallest absolute Gasteiger partial charge is 0.254 e. The predicted molar refractivity (Wildman–Crippen MR) is 143 cm³/mol. The van der Waals surface area contributed by atoms with Gasteiger partial charge in [-0.1, -0.05) is 0 Å². The molecule has 2 aliphatic heterocycles. The van der Waals surface area contributed by atoms with Crippen LogP contribution in [0.4, 0.5) is 5.82 Å². The number of rotatable bonds is 9. The van der Waals surface area contributed by atoms with Crippen LogP contribution in [0.3, 0.4) is 0 Å². The van der Waals surface area contributed by atoms with Crippen molar-refractivity contribution in [2.75, 3.05) is 38.1 Å². The fourth-order valence-corrected chi connectivity index (χ4v) is 5.86. The number of aromatic nitrogens is 4. The fourth-order valence-electron chi connectivity index (χ4n) is 5.86.